The molecule has 1 N–H and O–H groups in total. The fourth-order valence-corrected chi connectivity index (χ4v) is 3.81. The quantitative estimate of drug-likeness (QED) is 0.455. The zero-order valence-corrected chi connectivity index (χ0v) is 19.5. The van der Waals surface area contributed by atoms with Crippen molar-refractivity contribution in [1.82, 2.24) is 34.7 Å². The Morgan fingerprint density at radius 1 is 0.968 bits per heavy atom. The summed E-state index contributed by atoms with van der Waals surface area (Å²) < 4.78 is 6.43. The molecule has 0 atom stereocenters. The predicted octanol–water partition coefficient (Wildman–Crippen LogP) is 3.70. The fourth-order valence-electron chi connectivity index (χ4n) is 3.52. The van der Waals surface area contributed by atoms with E-state index in [2.05, 4.69) is 36.5 Å². The second kappa shape index (κ2) is 8.50. The molecule has 0 spiro atoms. The average Bonchev–Trinajstić information content (AvgIpc) is 3.41. The van der Waals surface area contributed by atoms with Crippen LogP contribution in [0, 0.1) is 27.7 Å². The molecule has 1 aromatic carbocycles. The SMILES string of the molecule is Cc1nn(Cn2ccc(C(=O)NCc3c(C)nn(-c4ccccc4)c3C)n2)c(C)c1Br. The molecule has 0 aliphatic carbocycles. The van der Waals surface area contributed by atoms with Gasteiger partial charge in [0.15, 0.2) is 0 Å². The predicted molar refractivity (Wildman–Crippen MR) is 121 cm³/mol. The highest BCUT2D eigenvalue weighted by Crippen LogP contribution is 2.20. The smallest absolute Gasteiger partial charge is 0.272 e. The van der Waals surface area contributed by atoms with Gasteiger partial charge < -0.3 is 5.32 Å². The van der Waals surface area contributed by atoms with Crippen LogP contribution in [0.25, 0.3) is 5.69 Å². The Morgan fingerprint density at radius 3 is 2.39 bits per heavy atom. The lowest BCUT2D eigenvalue weighted by Gasteiger charge is -2.07. The number of para-hydroxylation sites is 1. The van der Waals surface area contributed by atoms with Crippen molar-refractivity contribution in [2.45, 2.75) is 40.9 Å². The molecule has 0 bridgehead atoms. The van der Waals surface area contributed by atoms with Crippen molar-refractivity contribution in [2.24, 2.45) is 0 Å². The van der Waals surface area contributed by atoms with Gasteiger partial charge in [0.05, 0.1) is 27.2 Å². The van der Waals surface area contributed by atoms with E-state index < -0.39 is 0 Å². The second-order valence-corrected chi connectivity index (χ2v) is 8.24. The molecule has 1 amide bonds. The summed E-state index contributed by atoms with van der Waals surface area (Å²) in [6, 6.07) is 11.7. The molecule has 0 saturated carbocycles. The van der Waals surface area contributed by atoms with Crippen LogP contribution in [-0.2, 0) is 13.2 Å². The number of rotatable bonds is 6. The highest BCUT2D eigenvalue weighted by atomic mass is 79.9. The highest BCUT2D eigenvalue weighted by Gasteiger charge is 2.16. The molecule has 3 aromatic heterocycles. The Balaban J connectivity index is 1.44. The molecule has 0 fully saturated rings. The Bertz CT molecular complexity index is 1240. The van der Waals surface area contributed by atoms with Gasteiger partial charge in [0.2, 0.25) is 0 Å². The summed E-state index contributed by atoms with van der Waals surface area (Å²) >= 11 is 3.53. The first-order chi connectivity index (χ1) is 14.8. The maximum atomic E-state index is 12.7. The first kappa shape index (κ1) is 21.0. The number of benzene rings is 1. The van der Waals surface area contributed by atoms with Gasteiger partial charge in [-0.05, 0) is 61.8 Å². The number of amides is 1. The van der Waals surface area contributed by atoms with Crippen LogP contribution in [0.1, 0.15) is 38.8 Å². The number of hydrogen-bond donors (Lipinski definition) is 1. The molecule has 3 heterocycles. The van der Waals surface area contributed by atoms with Crippen LogP contribution in [0.4, 0.5) is 0 Å². The summed E-state index contributed by atoms with van der Waals surface area (Å²) in [5, 5.41) is 16.5. The third kappa shape index (κ3) is 4.18. The van der Waals surface area contributed by atoms with Gasteiger partial charge in [0.1, 0.15) is 12.4 Å². The van der Waals surface area contributed by atoms with Crippen molar-refractivity contribution >= 4 is 21.8 Å². The van der Waals surface area contributed by atoms with Gasteiger partial charge in [-0.2, -0.15) is 15.3 Å². The van der Waals surface area contributed by atoms with Gasteiger partial charge in [-0.15, -0.1) is 0 Å². The van der Waals surface area contributed by atoms with Gasteiger partial charge in [0.25, 0.3) is 5.91 Å². The molecule has 4 rings (SSSR count). The molecule has 31 heavy (non-hydrogen) atoms. The van der Waals surface area contributed by atoms with Crippen molar-refractivity contribution in [2.75, 3.05) is 0 Å². The van der Waals surface area contributed by atoms with E-state index in [0.717, 1.165) is 38.5 Å². The van der Waals surface area contributed by atoms with Crippen molar-refractivity contribution in [1.29, 1.82) is 0 Å². The molecule has 0 aliphatic heterocycles. The molecule has 8 nitrogen and oxygen atoms in total. The van der Waals surface area contributed by atoms with Crippen LogP contribution in [-0.4, -0.2) is 35.2 Å². The molecular weight excluding hydrogens is 458 g/mol. The molecule has 0 unspecified atom stereocenters. The molecule has 0 saturated heterocycles. The summed E-state index contributed by atoms with van der Waals surface area (Å²) in [4.78, 5) is 12.7. The lowest BCUT2D eigenvalue weighted by atomic mass is 10.2. The molecule has 4 aromatic rings. The number of aromatic nitrogens is 6. The van der Waals surface area contributed by atoms with E-state index >= 15 is 0 Å². The number of aryl methyl sites for hydroxylation is 2. The van der Waals surface area contributed by atoms with Gasteiger partial charge in [0, 0.05) is 24.0 Å². The number of carbonyl (C=O) groups excluding carboxylic acids is 1. The maximum absolute atomic E-state index is 12.7. The maximum Gasteiger partial charge on any atom is 0.272 e. The van der Waals surface area contributed by atoms with E-state index in [9.17, 15) is 4.79 Å². The molecule has 160 valence electrons. The average molecular weight is 482 g/mol. The Hall–Kier alpha value is -3.20. The van der Waals surface area contributed by atoms with Crippen LogP contribution in [0.15, 0.2) is 47.1 Å². The van der Waals surface area contributed by atoms with Crippen LogP contribution < -0.4 is 5.32 Å². The zero-order valence-electron chi connectivity index (χ0n) is 17.9. The van der Waals surface area contributed by atoms with Crippen LogP contribution in [0.3, 0.4) is 0 Å². The summed E-state index contributed by atoms with van der Waals surface area (Å²) in [6.45, 7) is 8.72. The van der Waals surface area contributed by atoms with Gasteiger partial charge in [-0.3, -0.25) is 9.48 Å². The molecule has 0 radical (unpaired) electrons. The van der Waals surface area contributed by atoms with Crippen molar-refractivity contribution in [3.63, 3.8) is 0 Å². The normalized spacial score (nSPS) is 11.1. The third-order valence-electron chi connectivity index (χ3n) is 5.31. The zero-order chi connectivity index (χ0) is 22.1. The van der Waals surface area contributed by atoms with Crippen LogP contribution >= 0.6 is 15.9 Å². The topological polar surface area (TPSA) is 82.6 Å². The summed E-state index contributed by atoms with van der Waals surface area (Å²) in [6.07, 6.45) is 1.78. The molecule has 0 aliphatic rings. The number of nitrogens with one attached hydrogen (secondary N) is 1. The lowest BCUT2D eigenvalue weighted by Crippen LogP contribution is -2.24. The number of halogens is 1. The van der Waals surface area contributed by atoms with E-state index in [1.54, 1.807) is 16.9 Å². The van der Waals surface area contributed by atoms with Gasteiger partial charge >= 0.3 is 0 Å². The number of hydrogen-bond acceptors (Lipinski definition) is 4. The van der Waals surface area contributed by atoms with E-state index in [1.807, 2.05) is 67.4 Å². The first-order valence-electron chi connectivity index (χ1n) is 9.97. The Kier molecular flexibility index (Phi) is 5.77. The van der Waals surface area contributed by atoms with Crippen molar-refractivity contribution in [3.8, 4) is 5.69 Å². The second-order valence-electron chi connectivity index (χ2n) is 7.45. The van der Waals surface area contributed by atoms with E-state index in [0.29, 0.717) is 18.9 Å². The van der Waals surface area contributed by atoms with E-state index in [-0.39, 0.29) is 5.91 Å². The Labute approximate surface area is 189 Å². The van der Waals surface area contributed by atoms with E-state index in [4.69, 9.17) is 0 Å². The summed E-state index contributed by atoms with van der Waals surface area (Å²) in [5.74, 6) is -0.223. The summed E-state index contributed by atoms with van der Waals surface area (Å²) in [7, 11) is 0. The third-order valence-corrected chi connectivity index (χ3v) is 6.46. The first-order valence-corrected chi connectivity index (χ1v) is 10.8. The fraction of sp³-hybridized carbons (Fsp3) is 0.273. The summed E-state index contributed by atoms with van der Waals surface area (Å²) in [5.41, 5.74) is 6.20. The Morgan fingerprint density at radius 2 is 1.71 bits per heavy atom. The minimum atomic E-state index is -0.223. The number of nitrogens with zero attached hydrogens (tertiary/aromatic N) is 6. The van der Waals surface area contributed by atoms with Crippen LogP contribution in [0.5, 0.6) is 0 Å². The number of carbonyl (C=O) groups is 1. The molecule has 9 heteroatoms. The minimum absolute atomic E-state index is 0.223. The standard InChI is InChI=1S/C22H24BrN7O/c1-14-19(16(3)30(26-14)18-8-6-5-7-9-18)12-24-22(31)20-10-11-28(27-20)13-29-17(4)21(23)15(2)25-29/h5-11H,12-13H2,1-4H3,(H,24,31). The van der Waals surface area contributed by atoms with Crippen molar-refractivity contribution in [3.05, 3.63) is 81.1 Å². The van der Waals surface area contributed by atoms with Gasteiger partial charge in [-0.25, -0.2) is 9.36 Å². The largest absolute Gasteiger partial charge is 0.346 e. The minimum Gasteiger partial charge on any atom is -0.346 e. The van der Waals surface area contributed by atoms with Gasteiger partial charge in [-0.1, -0.05) is 18.2 Å². The highest BCUT2D eigenvalue weighted by molar-refractivity contribution is 9.10. The monoisotopic (exact) mass is 481 g/mol. The van der Waals surface area contributed by atoms with Crippen molar-refractivity contribution < 1.29 is 4.79 Å². The lowest BCUT2D eigenvalue weighted by molar-refractivity contribution is 0.0945. The van der Waals surface area contributed by atoms with E-state index in [1.165, 1.54) is 0 Å². The molecular formula is C22H24BrN7O. The van der Waals surface area contributed by atoms with Crippen LogP contribution in [0.2, 0.25) is 0 Å².